The van der Waals surface area contributed by atoms with Gasteiger partial charge in [0.2, 0.25) is 15.9 Å². The average molecular weight is 456 g/mol. The lowest BCUT2D eigenvalue weighted by Gasteiger charge is -2.31. The summed E-state index contributed by atoms with van der Waals surface area (Å²) in [6.45, 7) is 2.94. The van der Waals surface area contributed by atoms with Crippen LogP contribution in [0.2, 0.25) is 0 Å². The van der Waals surface area contributed by atoms with Crippen LogP contribution in [0.15, 0.2) is 54.6 Å². The number of nitrogens with zero attached hydrogens (tertiary/aromatic N) is 2. The maximum absolute atomic E-state index is 12.9. The Balaban J connectivity index is 1.29. The average Bonchev–Trinajstić information content (AvgIpc) is 3.35. The Kier molecular flexibility index (Phi) is 7.48. The van der Waals surface area contributed by atoms with Crippen LogP contribution in [0.4, 0.5) is 11.4 Å². The molecule has 2 aromatic carbocycles. The molecule has 2 aromatic rings. The van der Waals surface area contributed by atoms with Gasteiger partial charge in [-0.05, 0) is 68.4 Å². The number of piperidine rings is 1. The molecule has 172 valence electrons. The summed E-state index contributed by atoms with van der Waals surface area (Å²) in [6.07, 6.45) is 5.21. The zero-order valence-electron chi connectivity index (χ0n) is 18.6. The molecule has 1 unspecified atom stereocenters. The van der Waals surface area contributed by atoms with Crippen molar-refractivity contribution in [2.24, 2.45) is 5.92 Å². The van der Waals surface area contributed by atoms with Gasteiger partial charge in [0.05, 0.1) is 11.7 Å². The van der Waals surface area contributed by atoms with Crippen LogP contribution in [0.1, 0.15) is 37.7 Å². The Morgan fingerprint density at radius 3 is 2.38 bits per heavy atom. The van der Waals surface area contributed by atoms with Crippen molar-refractivity contribution in [1.82, 2.24) is 4.31 Å². The van der Waals surface area contributed by atoms with Crippen molar-refractivity contribution < 1.29 is 13.2 Å². The number of benzene rings is 2. The summed E-state index contributed by atoms with van der Waals surface area (Å²) < 4.78 is 27.2. The fourth-order valence-electron chi connectivity index (χ4n) is 4.62. The predicted octanol–water partition coefficient (Wildman–Crippen LogP) is 3.90. The molecule has 2 heterocycles. The van der Waals surface area contributed by atoms with Crippen molar-refractivity contribution in [3.63, 3.8) is 0 Å². The zero-order chi connectivity index (χ0) is 22.4. The van der Waals surface area contributed by atoms with Crippen LogP contribution in [0.3, 0.4) is 0 Å². The summed E-state index contributed by atoms with van der Waals surface area (Å²) in [5, 5.41) is 2.99. The van der Waals surface area contributed by atoms with Gasteiger partial charge in [-0.3, -0.25) is 4.79 Å². The van der Waals surface area contributed by atoms with Gasteiger partial charge in [-0.1, -0.05) is 30.3 Å². The topological polar surface area (TPSA) is 69.7 Å². The van der Waals surface area contributed by atoms with E-state index in [-0.39, 0.29) is 24.1 Å². The van der Waals surface area contributed by atoms with Crippen LogP contribution in [0, 0.1) is 5.92 Å². The van der Waals surface area contributed by atoms with Gasteiger partial charge in [-0.2, -0.15) is 0 Å². The van der Waals surface area contributed by atoms with Crippen molar-refractivity contribution in [2.45, 2.75) is 38.5 Å². The summed E-state index contributed by atoms with van der Waals surface area (Å²) in [5.74, 6) is -0.289. The van der Waals surface area contributed by atoms with Crippen LogP contribution in [0.5, 0.6) is 0 Å². The third kappa shape index (κ3) is 5.90. The first kappa shape index (κ1) is 22.8. The van der Waals surface area contributed by atoms with E-state index >= 15 is 0 Å². The SMILES string of the molecule is O=C(Nc1ccc(N2CCCC2)cc1)C1CCCN(S(=O)(=O)CCCc2ccccc2)C1. The Bertz CT molecular complexity index is 987. The highest BCUT2D eigenvalue weighted by molar-refractivity contribution is 7.89. The highest BCUT2D eigenvalue weighted by atomic mass is 32.2. The van der Waals surface area contributed by atoms with Crippen LogP contribution >= 0.6 is 0 Å². The second-order valence-electron chi connectivity index (χ2n) is 8.83. The molecule has 0 radical (unpaired) electrons. The first-order chi connectivity index (χ1) is 15.5. The molecule has 1 atom stereocenters. The van der Waals surface area contributed by atoms with Crippen molar-refractivity contribution in [1.29, 1.82) is 0 Å². The minimum Gasteiger partial charge on any atom is -0.372 e. The lowest BCUT2D eigenvalue weighted by molar-refractivity contribution is -0.120. The van der Waals surface area contributed by atoms with Crippen LogP contribution < -0.4 is 10.2 Å². The number of aryl methyl sites for hydroxylation is 1. The number of sulfonamides is 1. The third-order valence-electron chi connectivity index (χ3n) is 6.46. The quantitative estimate of drug-likeness (QED) is 0.655. The second kappa shape index (κ2) is 10.5. The Labute approximate surface area is 191 Å². The monoisotopic (exact) mass is 455 g/mol. The molecular formula is C25H33N3O3S. The highest BCUT2D eigenvalue weighted by Gasteiger charge is 2.32. The smallest absolute Gasteiger partial charge is 0.228 e. The van der Waals surface area contributed by atoms with Crippen molar-refractivity contribution in [2.75, 3.05) is 42.1 Å². The number of nitrogens with one attached hydrogen (secondary N) is 1. The van der Waals surface area contributed by atoms with Crippen LogP contribution in [-0.2, 0) is 21.2 Å². The zero-order valence-corrected chi connectivity index (χ0v) is 19.4. The lowest BCUT2D eigenvalue weighted by atomic mass is 9.98. The van der Waals surface area contributed by atoms with E-state index < -0.39 is 10.0 Å². The van der Waals surface area contributed by atoms with Gasteiger partial charge < -0.3 is 10.2 Å². The van der Waals surface area contributed by atoms with E-state index in [1.807, 2.05) is 54.6 Å². The summed E-state index contributed by atoms with van der Waals surface area (Å²) >= 11 is 0. The molecule has 0 aliphatic carbocycles. The molecule has 7 heteroatoms. The fourth-order valence-corrected chi connectivity index (χ4v) is 6.20. The molecule has 1 N–H and O–H groups in total. The molecule has 0 saturated carbocycles. The molecule has 2 aliphatic rings. The number of amides is 1. The third-order valence-corrected chi connectivity index (χ3v) is 8.39. The Morgan fingerprint density at radius 2 is 1.66 bits per heavy atom. The van der Waals surface area contributed by atoms with E-state index in [2.05, 4.69) is 10.2 Å². The van der Waals surface area contributed by atoms with Gasteiger partial charge in [0.1, 0.15) is 0 Å². The number of anilines is 2. The predicted molar refractivity (Wildman–Crippen MR) is 129 cm³/mol. The van der Waals surface area contributed by atoms with Gasteiger partial charge in [0.25, 0.3) is 0 Å². The van der Waals surface area contributed by atoms with E-state index in [0.717, 1.165) is 30.8 Å². The molecule has 0 bridgehead atoms. The molecule has 2 saturated heterocycles. The van der Waals surface area contributed by atoms with Gasteiger partial charge in [0, 0.05) is 37.6 Å². The van der Waals surface area contributed by atoms with Gasteiger partial charge >= 0.3 is 0 Å². The van der Waals surface area contributed by atoms with Crippen LogP contribution in [-0.4, -0.2) is 50.6 Å². The normalized spacial score (nSPS) is 19.8. The summed E-state index contributed by atoms with van der Waals surface area (Å²) in [7, 11) is -3.36. The molecule has 2 fully saturated rings. The fraction of sp³-hybridized carbons (Fsp3) is 0.480. The number of carbonyl (C=O) groups excluding carboxylic acids is 1. The second-order valence-corrected chi connectivity index (χ2v) is 10.9. The number of rotatable bonds is 8. The van der Waals surface area contributed by atoms with Gasteiger partial charge in [-0.25, -0.2) is 12.7 Å². The maximum Gasteiger partial charge on any atom is 0.228 e. The Morgan fingerprint density at radius 1 is 0.938 bits per heavy atom. The molecule has 4 rings (SSSR count). The summed E-state index contributed by atoms with van der Waals surface area (Å²) in [6, 6.07) is 17.9. The van der Waals surface area contributed by atoms with Crippen LogP contribution in [0.25, 0.3) is 0 Å². The Hall–Kier alpha value is -2.38. The molecule has 2 aliphatic heterocycles. The summed E-state index contributed by atoms with van der Waals surface area (Å²) in [5.41, 5.74) is 3.10. The first-order valence-electron chi connectivity index (χ1n) is 11.7. The summed E-state index contributed by atoms with van der Waals surface area (Å²) in [4.78, 5) is 15.2. The minimum absolute atomic E-state index is 0.0943. The number of hydrogen-bond donors (Lipinski definition) is 1. The molecular weight excluding hydrogens is 422 g/mol. The van der Waals surface area contributed by atoms with E-state index in [0.29, 0.717) is 25.8 Å². The van der Waals surface area contributed by atoms with E-state index in [1.165, 1.54) is 22.8 Å². The first-order valence-corrected chi connectivity index (χ1v) is 13.3. The molecule has 1 amide bonds. The largest absolute Gasteiger partial charge is 0.372 e. The van der Waals surface area contributed by atoms with Crippen molar-refractivity contribution >= 4 is 27.3 Å². The maximum atomic E-state index is 12.9. The lowest BCUT2D eigenvalue weighted by Crippen LogP contribution is -2.44. The van der Waals surface area contributed by atoms with Crippen molar-refractivity contribution in [3.05, 3.63) is 60.2 Å². The van der Waals surface area contributed by atoms with Crippen molar-refractivity contribution in [3.8, 4) is 0 Å². The van der Waals surface area contributed by atoms with Gasteiger partial charge in [0.15, 0.2) is 0 Å². The molecule has 6 nitrogen and oxygen atoms in total. The molecule has 0 spiro atoms. The minimum atomic E-state index is -3.36. The van der Waals surface area contributed by atoms with Gasteiger partial charge in [-0.15, -0.1) is 0 Å². The van der Waals surface area contributed by atoms with E-state index in [1.54, 1.807) is 0 Å². The number of hydrogen-bond acceptors (Lipinski definition) is 4. The van der Waals surface area contributed by atoms with E-state index in [9.17, 15) is 13.2 Å². The highest BCUT2D eigenvalue weighted by Crippen LogP contribution is 2.24. The standard InChI is InChI=1S/C25H33N3O3S/c29-25(26-23-12-14-24(15-13-23)27-16-4-5-17-27)22-11-6-18-28(20-22)32(30,31)19-7-10-21-8-2-1-3-9-21/h1-3,8-9,12-15,22H,4-7,10-11,16-20H2,(H,26,29). The van der Waals surface area contributed by atoms with E-state index in [4.69, 9.17) is 0 Å². The molecule has 32 heavy (non-hydrogen) atoms. The molecule has 0 aromatic heterocycles. The number of carbonyl (C=O) groups is 1.